The third-order valence-electron chi connectivity index (χ3n) is 3.83. The predicted molar refractivity (Wildman–Crippen MR) is 87.3 cm³/mol. The largest absolute Gasteiger partial charge is 0.452 e. The monoisotopic (exact) mass is 317 g/mol. The number of aromatic nitrogens is 2. The third kappa shape index (κ3) is 4.31. The smallest absolute Gasteiger partial charge is 0.338 e. The van der Waals surface area contributed by atoms with Crippen LogP contribution in [0.15, 0.2) is 22.6 Å². The van der Waals surface area contributed by atoms with Crippen LogP contribution in [0.1, 0.15) is 48.5 Å². The van der Waals surface area contributed by atoms with Crippen LogP contribution in [0.2, 0.25) is 0 Å². The number of rotatable bonds is 6. The first kappa shape index (κ1) is 17.0. The van der Waals surface area contributed by atoms with E-state index in [9.17, 15) is 4.79 Å². The van der Waals surface area contributed by atoms with Crippen LogP contribution in [0.5, 0.6) is 0 Å². The van der Waals surface area contributed by atoms with Crippen molar-refractivity contribution in [2.75, 3.05) is 5.32 Å². The molecule has 1 aromatic carbocycles. The molecular formula is C17H23N3O3. The van der Waals surface area contributed by atoms with E-state index in [0.717, 1.165) is 11.3 Å². The number of nitrogens with zero attached hydrogens (tertiary/aromatic N) is 2. The molecule has 124 valence electrons. The fourth-order valence-corrected chi connectivity index (χ4v) is 2.03. The highest BCUT2D eigenvalue weighted by molar-refractivity contribution is 5.92. The molecule has 0 aliphatic rings. The van der Waals surface area contributed by atoms with Crippen LogP contribution in [0.4, 0.5) is 5.69 Å². The number of esters is 1. The molecule has 1 atom stereocenters. The molecule has 6 nitrogen and oxygen atoms in total. The van der Waals surface area contributed by atoms with E-state index in [1.54, 1.807) is 13.0 Å². The van der Waals surface area contributed by atoms with Gasteiger partial charge < -0.3 is 14.5 Å². The molecule has 23 heavy (non-hydrogen) atoms. The summed E-state index contributed by atoms with van der Waals surface area (Å²) in [7, 11) is 0. The van der Waals surface area contributed by atoms with Gasteiger partial charge >= 0.3 is 5.97 Å². The van der Waals surface area contributed by atoms with Gasteiger partial charge in [-0.05, 0) is 37.5 Å². The molecule has 0 saturated heterocycles. The van der Waals surface area contributed by atoms with Crippen LogP contribution in [-0.2, 0) is 11.3 Å². The first-order chi connectivity index (χ1) is 10.9. The number of carbonyl (C=O) groups excluding carboxylic acids is 1. The number of hydrogen-bond donors (Lipinski definition) is 1. The minimum atomic E-state index is -0.404. The van der Waals surface area contributed by atoms with Gasteiger partial charge in [0, 0.05) is 18.7 Å². The van der Waals surface area contributed by atoms with Gasteiger partial charge in [-0.25, -0.2) is 4.79 Å². The van der Waals surface area contributed by atoms with Gasteiger partial charge in [-0.15, -0.1) is 10.2 Å². The van der Waals surface area contributed by atoms with E-state index in [0.29, 0.717) is 23.4 Å². The second-order valence-electron chi connectivity index (χ2n) is 5.95. The molecule has 1 aromatic heterocycles. The van der Waals surface area contributed by atoms with Gasteiger partial charge in [-0.3, -0.25) is 0 Å². The maximum Gasteiger partial charge on any atom is 0.338 e. The van der Waals surface area contributed by atoms with E-state index in [-0.39, 0.29) is 12.5 Å². The van der Waals surface area contributed by atoms with Crippen molar-refractivity contribution in [2.24, 2.45) is 5.92 Å². The SMILES string of the molecule is Cc1nnc(COC(=O)c2cccc(N[C@@H](C)C(C)C)c2C)o1. The average Bonchev–Trinajstić information content (AvgIpc) is 2.92. The molecule has 0 saturated carbocycles. The fourth-order valence-electron chi connectivity index (χ4n) is 2.03. The minimum Gasteiger partial charge on any atom is -0.452 e. The highest BCUT2D eigenvalue weighted by atomic mass is 16.5. The van der Waals surface area contributed by atoms with Gasteiger partial charge in [-0.2, -0.15) is 0 Å². The Labute approximate surface area is 136 Å². The molecule has 0 bridgehead atoms. The standard InChI is InChI=1S/C17H23N3O3/c1-10(2)12(4)18-15-8-6-7-14(11(15)3)17(21)22-9-16-20-19-13(5)23-16/h6-8,10,12,18H,9H2,1-5H3/t12-/m0/s1. The van der Waals surface area contributed by atoms with Crippen molar-refractivity contribution in [3.05, 3.63) is 41.1 Å². The molecule has 0 unspecified atom stereocenters. The Morgan fingerprint density at radius 1 is 1.26 bits per heavy atom. The lowest BCUT2D eigenvalue weighted by Gasteiger charge is -2.21. The number of anilines is 1. The summed E-state index contributed by atoms with van der Waals surface area (Å²) in [5, 5.41) is 10.9. The van der Waals surface area contributed by atoms with Gasteiger partial charge in [0.25, 0.3) is 5.89 Å². The van der Waals surface area contributed by atoms with E-state index < -0.39 is 5.97 Å². The summed E-state index contributed by atoms with van der Waals surface area (Å²) in [5.41, 5.74) is 2.34. The highest BCUT2D eigenvalue weighted by Gasteiger charge is 2.16. The van der Waals surface area contributed by atoms with Crippen molar-refractivity contribution in [3.63, 3.8) is 0 Å². The van der Waals surface area contributed by atoms with E-state index >= 15 is 0 Å². The zero-order valence-electron chi connectivity index (χ0n) is 14.2. The zero-order valence-corrected chi connectivity index (χ0v) is 14.2. The number of aryl methyl sites for hydroxylation is 1. The number of nitrogens with one attached hydrogen (secondary N) is 1. The summed E-state index contributed by atoms with van der Waals surface area (Å²) in [4.78, 5) is 12.3. The molecule has 2 rings (SSSR count). The Balaban J connectivity index is 2.08. The Morgan fingerprint density at radius 2 is 2.00 bits per heavy atom. The summed E-state index contributed by atoms with van der Waals surface area (Å²) >= 11 is 0. The molecule has 1 N–H and O–H groups in total. The Bertz CT molecular complexity index is 679. The van der Waals surface area contributed by atoms with Crippen molar-refractivity contribution >= 4 is 11.7 Å². The molecule has 6 heteroatoms. The second-order valence-corrected chi connectivity index (χ2v) is 5.95. The summed E-state index contributed by atoms with van der Waals surface area (Å²) in [6.07, 6.45) is 0. The van der Waals surface area contributed by atoms with E-state index in [1.165, 1.54) is 0 Å². The zero-order chi connectivity index (χ0) is 17.0. The second kappa shape index (κ2) is 7.26. The molecular weight excluding hydrogens is 294 g/mol. The van der Waals surface area contributed by atoms with E-state index in [1.807, 2.05) is 19.1 Å². The summed E-state index contributed by atoms with van der Waals surface area (Å²) in [6.45, 7) is 9.98. The molecule has 1 heterocycles. The Hall–Kier alpha value is -2.37. The number of hydrogen-bond acceptors (Lipinski definition) is 6. The highest BCUT2D eigenvalue weighted by Crippen LogP contribution is 2.22. The van der Waals surface area contributed by atoms with Crippen LogP contribution in [0.25, 0.3) is 0 Å². The van der Waals surface area contributed by atoms with Crippen molar-refractivity contribution in [1.82, 2.24) is 10.2 Å². The third-order valence-corrected chi connectivity index (χ3v) is 3.83. The van der Waals surface area contributed by atoms with Crippen LogP contribution in [-0.4, -0.2) is 22.2 Å². The lowest BCUT2D eigenvalue weighted by molar-refractivity contribution is 0.0436. The predicted octanol–water partition coefficient (Wildman–Crippen LogP) is 3.50. The molecule has 0 spiro atoms. The lowest BCUT2D eigenvalue weighted by atomic mass is 10.0. The van der Waals surface area contributed by atoms with Gasteiger partial charge in [0.2, 0.25) is 5.89 Å². The Morgan fingerprint density at radius 3 is 2.61 bits per heavy atom. The van der Waals surface area contributed by atoms with Crippen molar-refractivity contribution in [2.45, 2.75) is 47.3 Å². The molecule has 0 fully saturated rings. The first-order valence-electron chi connectivity index (χ1n) is 7.70. The topological polar surface area (TPSA) is 77.2 Å². The minimum absolute atomic E-state index is 0.0286. The number of carbonyl (C=O) groups is 1. The van der Waals surface area contributed by atoms with E-state index in [4.69, 9.17) is 9.15 Å². The Kier molecular flexibility index (Phi) is 5.36. The molecule has 2 aromatic rings. The number of ether oxygens (including phenoxy) is 1. The number of benzene rings is 1. The van der Waals surface area contributed by atoms with Crippen LogP contribution < -0.4 is 5.32 Å². The summed E-state index contributed by atoms with van der Waals surface area (Å²) in [5.74, 6) is 0.822. The van der Waals surface area contributed by atoms with Gasteiger partial charge in [0.05, 0.1) is 5.56 Å². The molecule has 0 aliphatic carbocycles. The average molecular weight is 317 g/mol. The quantitative estimate of drug-likeness (QED) is 0.822. The van der Waals surface area contributed by atoms with Crippen LogP contribution >= 0.6 is 0 Å². The van der Waals surface area contributed by atoms with Crippen molar-refractivity contribution < 1.29 is 13.9 Å². The van der Waals surface area contributed by atoms with Crippen LogP contribution in [0.3, 0.4) is 0 Å². The molecule has 0 amide bonds. The van der Waals surface area contributed by atoms with Gasteiger partial charge in [-0.1, -0.05) is 19.9 Å². The van der Waals surface area contributed by atoms with Gasteiger partial charge in [0.15, 0.2) is 6.61 Å². The van der Waals surface area contributed by atoms with Crippen molar-refractivity contribution in [3.8, 4) is 0 Å². The maximum atomic E-state index is 12.3. The molecule has 0 radical (unpaired) electrons. The summed E-state index contributed by atoms with van der Waals surface area (Å²) in [6, 6.07) is 5.87. The normalized spacial score (nSPS) is 12.3. The summed E-state index contributed by atoms with van der Waals surface area (Å²) < 4.78 is 10.4. The van der Waals surface area contributed by atoms with Crippen LogP contribution in [0, 0.1) is 19.8 Å². The maximum absolute atomic E-state index is 12.3. The first-order valence-corrected chi connectivity index (χ1v) is 7.70. The fraction of sp³-hybridized carbons (Fsp3) is 0.471. The van der Waals surface area contributed by atoms with E-state index in [2.05, 4.69) is 36.3 Å². The lowest BCUT2D eigenvalue weighted by Crippen LogP contribution is -2.22. The molecule has 0 aliphatic heterocycles. The van der Waals surface area contributed by atoms with Gasteiger partial charge in [0.1, 0.15) is 0 Å². The van der Waals surface area contributed by atoms with Crippen molar-refractivity contribution in [1.29, 1.82) is 0 Å².